The highest BCUT2D eigenvalue weighted by molar-refractivity contribution is 5.91. The van der Waals surface area contributed by atoms with Crippen molar-refractivity contribution in [2.75, 3.05) is 4.90 Å². The number of aromatic nitrogens is 2. The van der Waals surface area contributed by atoms with Gasteiger partial charge in [0, 0.05) is 6.92 Å². The van der Waals surface area contributed by atoms with E-state index < -0.39 is 0 Å². The molecular formula is C19H16N4O. The van der Waals surface area contributed by atoms with Crippen LogP contribution < -0.4 is 4.90 Å². The van der Waals surface area contributed by atoms with Crippen LogP contribution in [0.1, 0.15) is 18.1 Å². The number of nitrogens with zero attached hydrogens (tertiary/aromatic N) is 4. The molecule has 0 saturated heterocycles. The van der Waals surface area contributed by atoms with Gasteiger partial charge >= 0.3 is 0 Å². The summed E-state index contributed by atoms with van der Waals surface area (Å²) >= 11 is 0. The second kappa shape index (κ2) is 6.80. The van der Waals surface area contributed by atoms with Crippen molar-refractivity contribution in [1.29, 1.82) is 5.26 Å². The van der Waals surface area contributed by atoms with Crippen LogP contribution in [-0.4, -0.2) is 15.7 Å². The molecule has 0 atom stereocenters. The van der Waals surface area contributed by atoms with Crippen LogP contribution in [0.2, 0.25) is 0 Å². The molecule has 3 rings (SSSR count). The van der Waals surface area contributed by atoms with Gasteiger partial charge < -0.3 is 4.90 Å². The maximum atomic E-state index is 12.1. The zero-order valence-electron chi connectivity index (χ0n) is 13.3. The van der Waals surface area contributed by atoms with Gasteiger partial charge in [-0.25, -0.2) is 4.68 Å². The molecule has 5 nitrogen and oxygen atoms in total. The third-order valence-corrected chi connectivity index (χ3v) is 3.68. The minimum absolute atomic E-state index is 0.0787. The van der Waals surface area contributed by atoms with Crippen molar-refractivity contribution in [3.63, 3.8) is 0 Å². The average Bonchev–Trinajstić information content (AvgIpc) is 3.10. The average molecular weight is 316 g/mol. The Hall–Kier alpha value is -3.39. The van der Waals surface area contributed by atoms with Gasteiger partial charge in [-0.3, -0.25) is 4.79 Å². The van der Waals surface area contributed by atoms with Gasteiger partial charge in [-0.1, -0.05) is 30.3 Å². The van der Waals surface area contributed by atoms with Crippen LogP contribution in [0.5, 0.6) is 0 Å². The van der Waals surface area contributed by atoms with E-state index in [-0.39, 0.29) is 5.91 Å². The van der Waals surface area contributed by atoms with Gasteiger partial charge in [0.05, 0.1) is 41.9 Å². The molecule has 2 aromatic carbocycles. The largest absolute Gasteiger partial charge is 0.305 e. The van der Waals surface area contributed by atoms with Gasteiger partial charge in [0.15, 0.2) is 0 Å². The molecule has 0 aliphatic rings. The van der Waals surface area contributed by atoms with E-state index in [0.717, 1.165) is 11.3 Å². The molecule has 0 unspecified atom stereocenters. The summed E-state index contributed by atoms with van der Waals surface area (Å²) in [6.07, 6.45) is 3.49. The van der Waals surface area contributed by atoms with E-state index in [1.807, 2.05) is 48.7 Å². The number of hydrogen-bond acceptors (Lipinski definition) is 3. The molecule has 1 amide bonds. The maximum Gasteiger partial charge on any atom is 0.224 e. The van der Waals surface area contributed by atoms with Crippen molar-refractivity contribution in [2.24, 2.45) is 0 Å². The molecule has 0 fully saturated rings. The minimum atomic E-state index is -0.0787. The third kappa shape index (κ3) is 3.33. The van der Waals surface area contributed by atoms with Crippen LogP contribution in [0.25, 0.3) is 5.69 Å². The molecule has 3 aromatic rings. The summed E-state index contributed by atoms with van der Waals surface area (Å²) in [5, 5.41) is 13.3. The first-order chi connectivity index (χ1) is 11.7. The molecule has 1 aromatic heterocycles. The Morgan fingerprint density at radius 2 is 2.00 bits per heavy atom. The van der Waals surface area contributed by atoms with E-state index >= 15 is 0 Å². The Kier molecular flexibility index (Phi) is 4.39. The standard InChI is InChI=1S/C19H16N4O/c1-15(24)22(13-17-7-5-6-16(10-17)11-20)19-12-21-23(14-19)18-8-3-2-4-9-18/h2-10,12,14H,13H2,1H3. The van der Waals surface area contributed by atoms with Crippen molar-refractivity contribution in [3.8, 4) is 11.8 Å². The lowest BCUT2D eigenvalue weighted by Crippen LogP contribution is -2.27. The number of anilines is 1. The Bertz CT molecular complexity index is 893. The van der Waals surface area contributed by atoms with Crippen LogP contribution >= 0.6 is 0 Å². The van der Waals surface area contributed by atoms with Crippen LogP contribution in [0.15, 0.2) is 67.0 Å². The summed E-state index contributed by atoms with van der Waals surface area (Å²) in [7, 11) is 0. The van der Waals surface area contributed by atoms with E-state index in [1.54, 1.807) is 27.9 Å². The second-order valence-electron chi connectivity index (χ2n) is 5.40. The van der Waals surface area contributed by atoms with E-state index in [4.69, 9.17) is 5.26 Å². The summed E-state index contributed by atoms with van der Waals surface area (Å²) in [5.74, 6) is -0.0787. The van der Waals surface area contributed by atoms with Crippen molar-refractivity contribution in [1.82, 2.24) is 9.78 Å². The van der Waals surface area contributed by atoms with Crippen LogP contribution in [0.3, 0.4) is 0 Å². The molecular weight excluding hydrogens is 300 g/mol. The van der Waals surface area contributed by atoms with Crippen molar-refractivity contribution >= 4 is 11.6 Å². The SMILES string of the molecule is CC(=O)N(Cc1cccc(C#N)c1)c1cnn(-c2ccccc2)c1. The Balaban J connectivity index is 1.88. The van der Waals surface area contributed by atoms with Gasteiger partial charge in [0.1, 0.15) is 0 Å². The minimum Gasteiger partial charge on any atom is -0.305 e. The Morgan fingerprint density at radius 3 is 2.71 bits per heavy atom. The fraction of sp³-hybridized carbons (Fsp3) is 0.105. The van der Waals surface area contributed by atoms with Crippen LogP contribution in [0, 0.1) is 11.3 Å². The van der Waals surface area contributed by atoms with E-state index in [0.29, 0.717) is 17.8 Å². The van der Waals surface area contributed by atoms with Gasteiger partial charge in [0.25, 0.3) is 0 Å². The van der Waals surface area contributed by atoms with Gasteiger partial charge in [0.2, 0.25) is 5.91 Å². The first-order valence-corrected chi connectivity index (χ1v) is 7.54. The van der Waals surface area contributed by atoms with Crippen LogP contribution in [-0.2, 0) is 11.3 Å². The molecule has 5 heteroatoms. The van der Waals surface area contributed by atoms with Gasteiger partial charge in [-0.05, 0) is 29.8 Å². The summed E-state index contributed by atoms with van der Waals surface area (Å²) in [5.41, 5.74) is 3.13. The Labute approximate surface area is 140 Å². The van der Waals surface area contributed by atoms with Crippen LogP contribution in [0.4, 0.5) is 5.69 Å². The third-order valence-electron chi connectivity index (χ3n) is 3.68. The zero-order valence-corrected chi connectivity index (χ0v) is 13.3. The Morgan fingerprint density at radius 1 is 1.21 bits per heavy atom. The molecule has 0 aliphatic heterocycles. The number of amides is 1. The first-order valence-electron chi connectivity index (χ1n) is 7.54. The summed E-state index contributed by atoms with van der Waals surface area (Å²) < 4.78 is 1.73. The topological polar surface area (TPSA) is 61.9 Å². The predicted octanol–water partition coefficient (Wildman–Crippen LogP) is 3.30. The number of carbonyl (C=O) groups is 1. The molecule has 1 heterocycles. The number of hydrogen-bond donors (Lipinski definition) is 0. The summed E-state index contributed by atoms with van der Waals surface area (Å²) in [4.78, 5) is 13.7. The van der Waals surface area contributed by atoms with E-state index in [9.17, 15) is 4.79 Å². The quantitative estimate of drug-likeness (QED) is 0.742. The lowest BCUT2D eigenvalue weighted by Gasteiger charge is -2.19. The molecule has 0 radical (unpaired) electrons. The highest BCUT2D eigenvalue weighted by Crippen LogP contribution is 2.19. The summed E-state index contributed by atoms with van der Waals surface area (Å²) in [6.45, 7) is 1.92. The van der Waals surface area contributed by atoms with Crippen molar-refractivity contribution in [3.05, 3.63) is 78.1 Å². The van der Waals surface area contributed by atoms with Gasteiger partial charge in [-0.2, -0.15) is 10.4 Å². The van der Waals surface area contributed by atoms with Gasteiger partial charge in [-0.15, -0.1) is 0 Å². The number of benzene rings is 2. The highest BCUT2D eigenvalue weighted by atomic mass is 16.2. The highest BCUT2D eigenvalue weighted by Gasteiger charge is 2.15. The molecule has 0 bridgehead atoms. The molecule has 24 heavy (non-hydrogen) atoms. The van der Waals surface area contributed by atoms with E-state index in [1.165, 1.54) is 6.92 Å². The number of nitriles is 1. The lowest BCUT2D eigenvalue weighted by molar-refractivity contribution is -0.116. The number of carbonyl (C=O) groups excluding carboxylic acids is 1. The maximum absolute atomic E-state index is 12.1. The molecule has 0 spiro atoms. The monoisotopic (exact) mass is 316 g/mol. The smallest absolute Gasteiger partial charge is 0.224 e. The fourth-order valence-electron chi connectivity index (χ4n) is 2.48. The first kappa shape index (κ1) is 15.5. The second-order valence-corrected chi connectivity index (χ2v) is 5.40. The number of rotatable bonds is 4. The van der Waals surface area contributed by atoms with Crippen molar-refractivity contribution in [2.45, 2.75) is 13.5 Å². The molecule has 0 saturated carbocycles. The zero-order chi connectivity index (χ0) is 16.9. The van der Waals surface area contributed by atoms with E-state index in [2.05, 4.69) is 11.2 Å². The summed E-state index contributed by atoms with van der Waals surface area (Å²) in [6, 6.07) is 19.1. The predicted molar refractivity (Wildman–Crippen MR) is 91.6 cm³/mol. The number of para-hydroxylation sites is 1. The molecule has 0 aliphatic carbocycles. The normalized spacial score (nSPS) is 10.2. The lowest BCUT2D eigenvalue weighted by atomic mass is 10.1. The molecule has 0 N–H and O–H groups in total. The molecule has 118 valence electrons. The van der Waals surface area contributed by atoms with Crippen molar-refractivity contribution < 1.29 is 4.79 Å². The fourth-order valence-corrected chi connectivity index (χ4v) is 2.48.